The van der Waals surface area contributed by atoms with E-state index in [2.05, 4.69) is 40.7 Å². The predicted octanol–water partition coefficient (Wildman–Crippen LogP) is 11.5. The zero-order valence-electron chi connectivity index (χ0n) is 31.1. The molecule has 7 rings (SSSR count). The number of carbonyl (C=O) groups is 2. The van der Waals surface area contributed by atoms with Crippen LogP contribution in [0.15, 0.2) is 66.2 Å². The molecule has 272 valence electrons. The number of halogens is 1. The largest absolute Gasteiger partial charge is 0.508 e. The lowest BCUT2D eigenvalue weighted by atomic mass is 9.47. The number of fused-ring (bicyclic) bond motifs is 6. The van der Waals surface area contributed by atoms with E-state index in [0.29, 0.717) is 11.0 Å². The minimum atomic E-state index is -0.856. The van der Waals surface area contributed by atoms with Gasteiger partial charge in [-0.05, 0) is 138 Å². The fourth-order valence-electron chi connectivity index (χ4n) is 11.2. The third kappa shape index (κ3) is 6.84. The second-order valence-electron chi connectivity index (χ2n) is 17.3. The summed E-state index contributed by atoms with van der Waals surface area (Å²) in [6, 6.07) is 13.7. The average molecular weight is 695 g/mol. The van der Waals surface area contributed by atoms with Crippen LogP contribution in [0.4, 0.5) is 4.39 Å². The number of benzene rings is 3. The Morgan fingerprint density at radius 2 is 1.67 bits per heavy atom. The lowest BCUT2D eigenvalue weighted by Crippen LogP contribution is -2.51. The highest BCUT2D eigenvalue weighted by atomic mass is 19.1. The van der Waals surface area contributed by atoms with Gasteiger partial charge < -0.3 is 14.6 Å². The third-order valence-corrected chi connectivity index (χ3v) is 14.0. The molecule has 4 aliphatic carbocycles. The van der Waals surface area contributed by atoms with Gasteiger partial charge in [0.25, 0.3) is 0 Å². The Morgan fingerprint density at radius 1 is 0.882 bits per heavy atom. The summed E-state index contributed by atoms with van der Waals surface area (Å²) in [5, 5.41) is 11.0. The molecule has 51 heavy (non-hydrogen) atoms. The number of carbonyl (C=O) groups excluding carboxylic acids is 2. The number of aromatic hydroxyl groups is 1. The van der Waals surface area contributed by atoms with E-state index in [1.165, 1.54) is 69.1 Å². The van der Waals surface area contributed by atoms with Crippen LogP contribution in [0, 0.1) is 52.2 Å². The van der Waals surface area contributed by atoms with E-state index < -0.39 is 11.8 Å². The van der Waals surface area contributed by atoms with Crippen LogP contribution in [0.5, 0.6) is 11.5 Å². The molecular weight excluding hydrogens is 639 g/mol. The number of phenolic OH excluding ortho intramolecular Hbond substituents is 1. The number of esters is 2. The Labute approximate surface area is 303 Å². The first-order chi connectivity index (χ1) is 24.4. The maximum atomic E-state index is 14.1. The summed E-state index contributed by atoms with van der Waals surface area (Å²) in [5.74, 6) is 2.78. The highest BCUT2D eigenvalue weighted by Gasteiger charge is 2.59. The van der Waals surface area contributed by atoms with Crippen LogP contribution in [0.25, 0.3) is 10.8 Å². The summed E-state index contributed by atoms with van der Waals surface area (Å²) in [7, 11) is 0. The first-order valence-corrected chi connectivity index (χ1v) is 19.5. The van der Waals surface area contributed by atoms with Crippen molar-refractivity contribution in [1.82, 2.24) is 0 Å². The molecule has 0 saturated heterocycles. The van der Waals surface area contributed by atoms with Crippen molar-refractivity contribution in [2.24, 2.45) is 46.3 Å². The average Bonchev–Trinajstić information content (AvgIpc) is 3.45. The van der Waals surface area contributed by atoms with Crippen molar-refractivity contribution in [1.29, 1.82) is 0 Å². The fraction of sp³-hybridized carbons (Fsp3) is 0.556. The number of rotatable bonds is 9. The Balaban J connectivity index is 0.976. The summed E-state index contributed by atoms with van der Waals surface area (Å²) >= 11 is 0. The first kappa shape index (κ1) is 35.7. The van der Waals surface area contributed by atoms with E-state index in [0.717, 1.165) is 71.6 Å². The monoisotopic (exact) mass is 694 g/mol. The lowest BCUT2D eigenvalue weighted by molar-refractivity contribution is -0.0594. The standard InChI is InChI=1S/C45H55FO5/c1-27(2)7-6-8-28(3)38-17-18-39-36-15-12-32-25-35(19-21-44(32,4)40(36)20-22-45(38,39)5)50-42(48)31-10-9-30-24-34(14-11-29(30)23-31)51-43(49)37-16-13-33(47)26-41(37)46/h9-14,16,23-24,26-28,35-36,38-40,47H,6-8,15,17-22,25H2,1-5H3/t28-,35+,36+,38-,39+,40+,44+,45-/m1/s1. The molecule has 3 aromatic carbocycles. The van der Waals surface area contributed by atoms with Crippen molar-refractivity contribution >= 4 is 22.7 Å². The van der Waals surface area contributed by atoms with Crippen LogP contribution >= 0.6 is 0 Å². The van der Waals surface area contributed by atoms with E-state index in [1.54, 1.807) is 30.3 Å². The smallest absolute Gasteiger partial charge is 0.346 e. The van der Waals surface area contributed by atoms with E-state index in [1.807, 2.05) is 6.07 Å². The van der Waals surface area contributed by atoms with Gasteiger partial charge >= 0.3 is 11.9 Å². The fourth-order valence-corrected chi connectivity index (χ4v) is 11.2. The lowest BCUT2D eigenvalue weighted by Gasteiger charge is -2.58. The van der Waals surface area contributed by atoms with Crippen molar-refractivity contribution in [2.45, 2.75) is 111 Å². The van der Waals surface area contributed by atoms with Crippen LogP contribution in [0.1, 0.15) is 126 Å². The van der Waals surface area contributed by atoms with Gasteiger partial charge in [0.2, 0.25) is 0 Å². The molecule has 3 aromatic rings. The summed E-state index contributed by atoms with van der Waals surface area (Å²) in [6.45, 7) is 12.4. The number of allylic oxidation sites excluding steroid dienone is 1. The van der Waals surface area contributed by atoms with Crippen molar-refractivity contribution in [3.05, 3.63) is 83.2 Å². The molecule has 0 heterocycles. The van der Waals surface area contributed by atoms with Crippen molar-refractivity contribution in [3.8, 4) is 11.5 Å². The van der Waals surface area contributed by atoms with Gasteiger partial charge in [0, 0.05) is 12.5 Å². The number of hydrogen-bond donors (Lipinski definition) is 1. The van der Waals surface area contributed by atoms with Crippen molar-refractivity contribution in [2.75, 3.05) is 0 Å². The molecule has 1 N–H and O–H groups in total. The first-order valence-electron chi connectivity index (χ1n) is 19.5. The summed E-state index contributed by atoms with van der Waals surface area (Å²) < 4.78 is 25.7. The molecular formula is C45H55FO5. The predicted molar refractivity (Wildman–Crippen MR) is 199 cm³/mol. The molecule has 0 radical (unpaired) electrons. The van der Waals surface area contributed by atoms with Gasteiger partial charge in [-0.1, -0.05) is 77.7 Å². The van der Waals surface area contributed by atoms with Gasteiger partial charge in [-0.3, -0.25) is 0 Å². The van der Waals surface area contributed by atoms with E-state index in [9.17, 15) is 19.1 Å². The molecule has 0 spiro atoms. The normalized spacial score (nSPS) is 30.6. The minimum absolute atomic E-state index is 0.123. The maximum Gasteiger partial charge on any atom is 0.346 e. The van der Waals surface area contributed by atoms with Gasteiger partial charge in [-0.25, -0.2) is 14.0 Å². The van der Waals surface area contributed by atoms with E-state index in [4.69, 9.17) is 9.47 Å². The van der Waals surface area contributed by atoms with E-state index >= 15 is 0 Å². The molecule has 3 saturated carbocycles. The van der Waals surface area contributed by atoms with E-state index in [-0.39, 0.29) is 34.6 Å². The topological polar surface area (TPSA) is 72.8 Å². The van der Waals surface area contributed by atoms with Crippen LogP contribution in [0.3, 0.4) is 0 Å². The third-order valence-electron chi connectivity index (χ3n) is 14.0. The number of hydrogen-bond acceptors (Lipinski definition) is 5. The minimum Gasteiger partial charge on any atom is -0.508 e. The summed E-state index contributed by atoms with van der Waals surface area (Å²) in [5.41, 5.74) is 2.42. The van der Waals surface area contributed by atoms with Crippen LogP contribution in [0.2, 0.25) is 0 Å². The van der Waals surface area contributed by atoms with Crippen molar-refractivity contribution in [3.63, 3.8) is 0 Å². The molecule has 4 aliphatic rings. The number of phenols is 1. The van der Waals surface area contributed by atoms with Gasteiger partial charge in [-0.15, -0.1) is 0 Å². The highest BCUT2D eigenvalue weighted by molar-refractivity contribution is 5.96. The highest BCUT2D eigenvalue weighted by Crippen LogP contribution is 2.67. The molecule has 8 atom stereocenters. The van der Waals surface area contributed by atoms with Gasteiger partial charge in [0.05, 0.1) is 11.1 Å². The van der Waals surface area contributed by atoms with Gasteiger partial charge in [-0.2, -0.15) is 0 Å². The van der Waals surface area contributed by atoms with Crippen LogP contribution < -0.4 is 4.74 Å². The second-order valence-corrected chi connectivity index (χ2v) is 17.3. The van der Waals surface area contributed by atoms with Gasteiger partial charge in [0.15, 0.2) is 0 Å². The van der Waals surface area contributed by atoms with Crippen molar-refractivity contribution < 1.29 is 28.6 Å². The summed E-state index contributed by atoms with van der Waals surface area (Å²) in [4.78, 5) is 25.9. The summed E-state index contributed by atoms with van der Waals surface area (Å²) in [6.07, 6.45) is 16.0. The molecule has 0 bridgehead atoms. The number of ether oxygens (including phenoxy) is 2. The quantitative estimate of drug-likeness (QED) is 0.137. The molecule has 0 aliphatic heterocycles. The molecule has 6 heteroatoms. The SMILES string of the molecule is CC(C)CCC[C@@H](C)[C@H]1CC[C@H]2[C@@H]3CC=C4C[C@@H](OC(=O)c5ccc6cc(OC(=O)c7ccc(O)cc7F)ccc6c5)CC[C@]4(C)[C@H]3CC[C@]12C. The zero-order chi connectivity index (χ0) is 36.1. The molecule has 0 aromatic heterocycles. The Morgan fingerprint density at radius 3 is 2.45 bits per heavy atom. The zero-order valence-corrected chi connectivity index (χ0v) is 31.1. The Bertz CT molecular complexity index is 1830. The maximum absolute atomic E-state index is 14.1. The Kier molecular flexibility index (Phi) is 9.84. The van der Waals surface area contributed by atoms with Crippen LogP contribution in [-0.4, -0.2) is 23.1 Å². The Hall–Kier alpha value is -3.67. The molecule has 3 fully saturated rings. The van der Waals surface area contributed by atoms with Crippen LogP contribution in [-0.2, 0) is 4.74 Å². The van der Waals surface area contributed by atoms with Gasteiger partial charge in [0.1, 0.15) is 23.4 Å². The second kappa shape index (κ2) is 14.0. The molecule has 5 nitrogen and oxygen atoms in total. The molecule has 0 amide bonds. The molecule has 0 unspecified atom stereocenters.